The number of nitrogens with zero attached hydrogens (tertiary/aromatic N) is 2. The number of amides is 2. The number of alkyl carbamates (subject to hydrolysis) is 2. The largest absolute Gasteiger partial charge is 0.508 e. The van der Waals surface area contributed by atoms with E-state index in [1.54, 1.807) is 0 Å². The van der Waals surface area contributed by atoms with Crippen LogP contribution in [0.1, 0.15) is 133 Å². The summed E-state index contributed by atoms with van der Waals surface area (Å²) in [5.74, 6) is 1.93. The second kappa shape index (κ2) is 27.9. The fourth-order valence-corrected chi connectivity index (χ4v) is 11.1. The van der Waals surface area contributed by atoms with Crippen LogP contribution in [0.3, 0.4) is 0 Å². The van der Waals surface area contributed by atoms with E-state index in [4.69, 9.17) is 60.6 Å². The minimum absolute atomic E-state index is 0. The molecule has 3 N–H and O–H groups in total. The van der Waals surface area contributed by atoms with E-state index in [2.05, 4.69) is 66.7 Å². The number of rotatable bonds is 12. The van der Waals surface area contributed by atoms with Gasteiger partial charge in [0.15, 0.2) is 0 Å². The molecule has 0 saturated carbocycles. The maximum absolute atomic E-state index is 11.9. The smallest absolute Gasteiger partial charge is 0.407 e. The van der Waals surface area contributed by atoms with Crippen LogP contribution in [0.5, 0.6) is 11.5 Å². The quantitative estimate of drug-likeness (QED) is 0.0950. The SMILES string of the molecule is C.CC(C)(C)OC(=O)NCCBr.CC(C)(C)OC(=O)NCCOc1ccc2c(c1)C(Cc1ccc(Cl)c(Cl)c1)C(N1CCCC1)CC2.Oc1ccc2c(c1)C(Cc1ccc(Cl)c(Cl)c1)C(N1CCCC1)CC2. The van der Waals surface area contributed by atoms with Crippen molar-refractivity contribution in [2.24, 2.45) is 0 Å². The number of nitrogens with one attached hydrogen (secondary N) is 2. The fourth-order valence-electron chi connectivity index (χ4n) is 10.3. The summed E-state index contributed by atoms with van der Waals surface area (Å²) in [5.41, 5.74) is 6.91. The number of halogens is 5. The number of ether oxygens (including phenoxy) is 3. The summed E-state index contributed by atoms with van der Waals surface area (Å²) in [5, 5.41) is 18.5. The van der Waals surface area contributed by atoms with Crippen molar-refractivity contribution in [1.82, 2.24) is 20.4 Å². The van der Waals surface area contributed by atoms with E-state index >= 15 is 0 Å². The first kappa shape index (κ1) is 59.5. The summed E-state index contributed by atoms with van der Waals surface area (Å²) in [7, 11) is 0. The van der Waals surface area contributed by atoms with Gasteiger partial charge in [0.1, 0.15) is 29.3 Å². The van der Waals surface area contributed by atoms with Gasteiger partial charge < -0.3 is 30.0 Å². The van der Waals surface area contributed by atoms with Crippen molar-refractivity contribution in [3.8, 4) is 11.5 Å². The van der Waals surface area contributed by atoms with E-state index in [0.29, 0.717) is 69.5 Å². The first-order chi connectivity index (χ1) is 33.8. The lowest BCUT2D eigenvalue weighted by molar-refractivity contribution is 0.0513. The van der Waals surface area contributed by atoms with Crippen LogP contribution in [0.2, 0.25) is 20.1 Å². The lowest BCUT2D eigenvalue weighted by atomic mass is 9.75. The van der Waals surface area contributed by atoms with E-state index < -0.39 is 17.3 Å². The number of fused-ring (bicyclic) bond motifs is 2. The first-order valence-electron chi connectivity index (χ1n) is 25.2. The molecule has 8 rings (SSSR count). The highest BCUT2D eigenvalue weighted by Crippen LogP contribution is 2.42. The molecule has 2 fully saturated rings. The Labute approximate surface area is 458 Å². The Bertz CT molecular complexity index is 2380. The van der Waals surface area contributed by atoms with E-state index in [1.807, 2.05) is 84.0 Å². The number of carbonyl (C=O) groups is 2. The summed E-state index contributed by atoms with van der Waals surface area (Å²) in [6.07, 6.45) is 10.7. The predicted molar refractivity (Wildman–Crippen MR) is 301 cm³/mol. The van der Waals surface area contributed by atoms with Crippen LogP contribution in [0.25, 0.3) is 0 Å². The average molecular weight is 1140 g/mol. The van der Waals surface area contributed by atoms with Crippen molar-refractivity contribution in [3.63, 3.8) is 0 Å². The van der Waals surface area contributed by atoms with Crippen LogP contribution in [-0.2, 0) is 35.2 Å². The minimum atomic E-state index is -0.515. The van der Waals surface area contributed by atoms with Gasteiger partial charge in [-0.2, -0.15) is 0 Å². The highest BCUT2D eigenvalue weighted by molar-refractivity contribution is 9.09. The summed E-state index contributed by atoms with van der Waals surface area (Å²) >= 11 is 28.0. The molecule has 2 amide bonds. The molecule has 0 radical (unpaired) electrons. The Morgan fingerprint density at radius 3 is 1.51 bits per heavy atom. The lowest BCUT2D eigenvalue weighted by Gasteiger charge is -2.39. The molecule has 0 aromatic heterocycles. The highest BCUT2D eigenvalue weighted by atomic mass is 79.9. The maximum atomic E-state index is 11.9. The third-order valence-corrected chi connectivity index (χ3v) is 15.2. The second-order valence-corrected chi connectivity index (χ2v) is 23.4. The van der Waals surface area contributed by atoms with E-state index in [0.717, 1.165) is 36.8 Å². The van der Waals surface area contributed by atoms with Crippen molar-refractivity contribution >= 4 is 74.5 Å². The molecule has 4 aliphatic rings. The van der Waals surface area contributed by atoms with Crippen LogP contribution in [0.15, 0.2) is 72.8 Å². The van der Waals surface area contributed by atoms with Crippen molar-refractivity contribution in [3.05, 3.63) is 126 Å². The molecule has 72 heavy (non-hydrogen) atoms. The molecular weight excluding hydrogens is 1060 g/mol. The van der Waals surface area contributed by atoms with Gasteiger partial charge in [0, 0.05) is 35.8 Å². The molecule has 2 aliphatic carbocycles. The number of phenols is 1. The van der Waals surface area contributed by atoms with Crippen LogP contribution in [0, 0.1) is 0 Å². The zero-order chi connectivity index (χ0) is 51.3. The molecule has 4 aromatic rings. The molecule has 4 aromatic carbocycles. The van der Waals surface area contributed by atoms with Gasteiger partial charge in [0.05, 0.1) is 26.6 Å². The number of carbonyl (C=O) groups excluding carboxylic acids is 2. The summed E-state index contributed by atoms with van der Waals surface area (Å²) in [4.78, 5) is 28.1. The number of likely N-dealkylation sites (tertiary alicyclic amines) is 2. The van der Waals surface area contributed by atoms with Gasteiger partial charge in [-0.15, -0.1) is 0 Å². The predicted octanol–water partition coefficient (Wildman–Crippen LogP) is 14.6. The molecule has 0 spiro atoms. The van der Waals surface area contributed by atoms with Gasteiger partial charge in [-0.25, -0.2) is 9.59 Å². The number of aromatic hydroxyl groups is 1. The van der Waals surface area contributed by atoms with Gasteiger partial charge in [0.25, 0.3) is 0 Å². The minimum Gasteiger partial charge on any atom is -0.508 e. The van der Waals surface area contributed by atoms with Crippen LogP contribution < -0.4 is 15.4 Å². The highest BCUT2D eigenvalue weighted by Gasteiger charge is 2.37. The number of phenolic OH excluding ortho intramolecular Hbond substituents is 1. The van der Waals surface area contributed by atoms with Crippen LogP contribution >= 0.6 is 62.3 Å². The van der Waals surface area contributed by atoms with Gasteiger partial charge in [-0.1, -0.05) is 94.0 Å². The molecule has 10 nitrogen and oxygen atoms in total. The fraction of sp³-hybridized carbons (Fsp3) is 0.544. The molecule has 2 aliphatic heterocycles. The van der Waals surface area contributed by atoms with Crippen molar-refractivity contribution in [2.45, 2.75) is 148 Å². The number of aryl methyl sites for hydroxylation is 2. The molecule has 4 atom stereocenters. The van der Waals surface area contributed by atoms with Crippen molar-refractivity contribution in [1.29, 1.82) is 0 Å². The van der Waals surface area contributed by atoms with Crippen molar-refractivity contribution < 1.29 is 28.9 Å². The third kappa shape index (κ3) is 18.2. The summed E-state index contributed by atoms with van der Waals surface area (Å²) in [6.45, 7) is 17.1. The van der Waals surface area contributed by atoms with Crippen LogP contribution in [-0.4, -0.2) is 102 Å². The molecule has 2 saturated heterocycles. The monoisotopic (exact) mass is 1130 g/mol. The standard InChI is InChI=1S/C28H36Cl2N2O3.C21H23Cl2NO.C7H14BrNO2.CH4/c1-28(2,3)35-27(33)31-12-15-34-21-9-7-20-8-11-26(32-13-4-5-14-32)23(22(20)18-21)16-19-6-10-24(29)25(30)17-19;22-19-7-3-14(12-20(19)23)11-18-17-13-16(25)6-4-15(17)5-8-21(18)24-9-1-2-10-24;1-7(2,3)11-6(10)9-5-4-8;/h6-7,9-10,17-18,23,26H,4-5,8,11-16H2,1-3H3,(H,31,33);3-4,6-7,12-13,18,21,25H,1-2,5,8-11H2;4-5H2,1-3H3,(H,9,10);1H4. The normalized spacial score (nSPS) is 19.8. The maximum Gasteiger partial charge on any atom is 0.407 e. The van der Waals surface area contributed by atoms with Gasteiger partial charge >= 0.3 is 12.2 Å². The van der Waals surface area contributed by atoms with E-state index in [1.165, 1.54) is 98.1 Å². The summed E-state index contributed by atoms with van der Waals surface area (Å²) in [6, 6.07) is 25.3. The Hall–Kier alpha value is -3.42. The van der Waals surface area contributed by atoms with Crippen molar-refractivity contribution in [2.75, 3.05) is 51.2 Å². The Kier molecular flexibility index (Phi) is 23.1. The van der Waals surface area contributed by atoms with Crippen LogP contribution in [0.4, 0.5) is 9.59 Å². The second-order valence-electron chi connectivity index (χ2n) is 21.0. The van der Waals surface area contributed by atoms with Gasteiger partial charge in [-0.3, -0.25) is 9.80 Å². The van der Waals surface area contributed by atoms with E-state index in [9.17, 15) is 14.7 Å². The van der Waals surface area contributed by atoms with Gasteiger partial charge in [0.2, 0.25) is 0 Å². The Balaban J connectivity index is 0.000000226. The third-order valence-electron chi connectivity index (χ3n) is 13.3. The zero-order valence-electron chi connectivity index (χ0n) is 42.2. The first-order valence-corrected chi connectivity index (χ1v) is 27.8. The average Bonchev–Trinajstić information content (AvgIpc) is 4.06. The zero-order valence-corrected chi connectivity index (χ0v) is 46.8. The van der Waals surface area contributed by atoms with E-state index in [-0.39, 0.29) is 13.5 Å². The number of alkyl halides is 1. The molecular formula is C57H77BrCl4N4O6. The number of benzene rings is 4. The number of hydrogen-bond donors (Lipinski definition) is 3. The molecule has 0 bridgehead atoms. The Morgan fingerprint density at radius 1 is 0.625 bits per heavy atom. The molecule has 2 heterocycles. The topological polar surface area (TPSA) is 113 Å². The lowest BCUT2D eigenvalue weighted by Crippen LogP contribution is -2.41. The molecule has 15 heteroatoms. The molecule has 396 valence electrons. The molecule has 4 unspecified atom stereocenters. The summed E-state index contributed by atoms with van der Waals surface area (Å²) < 4.78 is 16.3. The van der Waals surface area contributed by atoms with Gasteiger partial charge in [-0.05, 0) is 214 Å². The number of hydrogen-bond acceptors (Lipinski definition) is 8. The Morgan fingerprint density at radius 2 is 1.07 bits per heavy atom.